The molecule has 2 heterocycles. The summed E-state index contributed by atoms with van der Waals surface area (Å²) in [6.45, 7) is 0.384. The van der Waals surface area contributed by atoms with Crippen LogP contribution in [-0.2, 0) is 26.4 Å². The van der Waals surface area contributed by atoms with E-state index >= 15 is 0 Å². The highest BCUT2D eigenvalue weighted by Crippen LogP contribution is 2.22. The van der Waals surface area contributed by atoms with Crippen molar-refractivity contribution in [2.45, 2.75) is 17.5 Å². The monoisotopic (exact) mass is 420 g/mol. The van der Waals surface area contributed by atoms with Crippen LogP contribution in [0.4, 0.5) is 0 Å². The number of rotatable bonds is 5. The summed E-state index contributed by atoms with van der Waals surface area (Å²) in [6, 6.07) is 18.4. The average Bonchev–Trinajstić information content (AvgIpc) is 2.77. The average molecular weight is 420 g/mol. The number of benzene rings is 2. The lowest BCUT2D eigenvalue weighted by atomic mass is 10.2. The van der Waals surface area contributed by atoms with Gasteiger partial charge in [-0.15, -0.1) is 0 Å². The minimum absolute atomic E-state index is 0.121. The number of thioether (sulfide) groups is 1. The van der Waals surface area contributed by atoms with E-state index in [1.54, 1.807) is 17.7 Å². The quantitative estimate of drug-likeness (QED) is 0.365. The van der Waals surface area contributed by atoms with Crippen LogP contribution >= 0.6 is 11.8 Å². The van der Waals surface area contributed by atoms with Crippen LogP contribution in [-0.4, -0.2) is 18.7 Å². The van der Waals surface area contributed by atoms with E-state index in [4.69, 9.17) is 4.98 Å². The summed E-state index contributed by atoms with van der Waals surface area (Å²) >= 11 is 1.33. The van der Waals surface area contributed by atoms with Gasteiger partial charge in [0, 0.05) is 31.6 Å². The predicted octanol–water partition coefficient (Wildman–Crippen LogP) is 2.13. The van der Waals surface area contributed by atoms with Gasteiger partial charge >= 0.3 is 5.69 Å². The molecule has 0 atom stereocenters. The van der Waals surface area contributed by atoms with Gasteiger partial charge in [0.15, 0.2) is 5.16 Å². The molecule has 0 aliphatic rings. The Morgan fingerprint density at radius 2 is 1.60 bits per heavy atom. The molecule has 0 fully saturated rings. The van der Waals surface area contributed by atoms with Crippen LogP contribution in [0.1, 0.15) is 11.3 Å². The molecular formula is C22H20N4O3S. The Labute approximate surface area is 176 Å². The SMILES string of the molecule is Cn1c(CSc2nc3ccccc3c(=O)n2Cc2ccccc2)cc(=O)n(C)c1=O. The standard InChI is InChI=1S/C22H20N4O3S/c1-24-16(12-19(27)25(2)22(24)29)14-30-21-23-18-11-7-6-10-17(18)20(28)26(21)13-15-8-4-3-5-9-15/h3-12H,13-14H2,1-2H3. The second-order valence-corrected chi connectivity index (χ2v) is 7.89. The first-order valence-electron chi connectivity index (χ1n) is 9.38. The highest BCUT2D eigenvalue weighted by atomic mass is 32.2. The fraction of sp³-hybridized carbons (Fsp3) is 0.182. The van der Waals surface area contributed by atoms with E-state index in [1.165, 1.54) is 29.4 Å². The Bertz CT molecular complexity index is 1400. The third-order valence-corrected chi connectivity index (χ3v) is 5.99. The number of nitrogens with zero attached hydrogens (tertiary/aromatic N) is 4. The normalized spacial score (nSPS) is 11.1. The zero-order valence-corrected chi connectivity index (χ0v) is 17.4. The van der Waals surface area contributed by atoms with Crippen LogP contribution in [0.25, 0.3) is 10.9 Å². The summed E-state index contributed by atoms with van der Waals surface area (Å²) in [5, 5.41) is 1.09. The van der Waals surface area contributed by atoms with Crippen molar-refractivity contribution in [1.29, 1.82) is 0 Å². The van der Waals surface area contributed by atoms with E-state index < -0.39 is 0 Å². The summed E-state index contributed by atoms with van der Waals surface area (Å²) in [6.07, 6.45) is 0. The smallest absolute Gasteiger partial charge is 0.300 e. The molecular weight excluding hydrogens is 400 g/mol. The summed E-state index contributed by atoms with van der Waals surface area (Å²) < 4.78 is 4.14. The minimum atomic E-state index is -0.383. The Hall–Kier alpha value is -3.39. The van der Waals surface area contributed by atoms with Crippen LogP contribution in [0, 0.1) is 0 Å². The number of fused-ring (bicyclic) bond motifs is 1. The molecule has 0 unspecified atom stereocenters. The zero-order valence-electron chi connectivity index (χ0n) is 16.6. The Morgan fingerprint density at radius 3 is 2.37 bits per heavy atom. The molecule has 8 heteroatoms. The van der Waals surface area contributed by atoms with Gasteiger partial charge in [-0.05, 0) is 17.7 Å². The summed E-state index contributed by atoms with van der Waals surface area (Å²) in [7, 11) is 3.08. The van der Waals surface area contributed by atoms with Gasteiger partial charge in [-0.3, -0.25) is 23.3 Å². The lowest BCUT2D eigenvalue weighted by Crippen LogP contribution is -2.37. The number of aromatic nitrogens is 4. The van der Waals surface area contributed by atoms with E-state index in [2.05, 4.69) is 0 Å². The van der Waals surface area contributed by atoms with Crippen LogP contribution in [0.15, 0.2) is 80.2 Å². The molecule has 2 aromatic carbocycles. The first-order chi connectivity index (χ1) is 14.5. The topological polar surface area (TPSA) is 78.9 Å². The minimum Gasteiger partial charge on any atom is -0.300 e. The van der Waals surface area contributed by atoms with Crippen molar-refractivity contribution >= 4 is 22.7 Å². The maximum absolute atomic E-state index is 13.2. The van der Waals surface area contributed by atoms with Gasteiger partial charge in [0.1, 0.15) is 0 Å². The first kappa shape index (κ1) is 19.9. The van der Waals surface area contributed by atoms with Crippen molar-refractivity contribution in [1.82, 2.24) is 18.7 Å². The van der Waals surface area contributed by atoms with Crippen LogP contribution < -0.4 is 16.8 Å². The van der Waals surface area contributed by atoms with E-state index in [0.29, 0.717) is 34.1 Å². The first-order valence-corrected chi connectivity index (χ1v) is 10.4. The molecule has 0 aliphatic heterocycles. The molecule has 152 valence electrons. The summed E-state index contributed by atoms with van der Waals surface area (Å²) in [5.41, 5.74) is 1.31. The highest BCUT2D eigenvalue weighted by molar-refractivity contribution is 7.98. The van der Waals surface area contributed by atoms with Gasteiger partial charge in [-0.1, -0.05) is 54.2 Å². The van der Waals surface area contributed by atoms with Crippen molar-refractivity contribution in [3.05, 3.63) is 103 Å². The zero-order chi connectivity index (χ0) is 21.3. The molecule has 0 N–H and O–H groups in total. The number of hydrogen-bond donors (Lipinski definition) is 0. The highest BCUT2D eigenvalue weighted by Gasteiger charge is 2.14. The maximum Gasteiger partial charge on any atom is 0.330 e. The number of hydrogen-bond acceptors (Lipinski definition) is 5. The fourth-order valence-electron chi connectivity index (χ4n) is 3.22. The fourth-order valence-corrected chi connectivity index (χ4v) is 4.24. The maximum atomic E-state index is 13.2. The molecule has 0 saturated heterocycles. The lowest BCUT2D eigenvalue weighted by molar-refractivity contribution is 0.653. The van der Waals surface area contributed by atoms with E-state index in [1.807, 2.05) is 48.5 Å². The van der Waals surface area contributed by atoms with Crippen molar-refractivity contribution in [2.75, 3.05) is 0 Å². The molecule has 4 rings (SSSR count). The van der Waals surface area contributed by atoms with Gasteiger partial charge < -0.3 is 0 Å². The predicted molar refractivity (Wildman–Crippen MR) is 118 cm³/mol. The van der Waals surface area contributed by atoms with E-state index in [-0.39, 0.29) is 16.8 Å². The van der Waals surface area contributed by atoms with Crippen molar-refractivity contribution in [2.24, 2.45) is 14.1 Å². The molecule has 0 spiro atoms. The van der Waals surface area contributed by atoms with Crippen molar-refractivity contribution in [3.8, 4) is 0 Å². The Morgan fingerprint density at radius 1 is 0.900 bits per heavy atom. The Balaban J connectivity index is 1.78. The van der Waals surface area contributed by atoms with Gasteiger partial charge in [0.25, 0.3) is 11.1 Å². The third-order valence-electron chi connectivity index (χ3n) is 4.98. The molecule has 0 radical (unpaired) electrons. The van der Waals surface area contributed by atoms with E-state index in [0.717, 1.165) is 10.1 Å². The molecule has 30 heavy (non-hydrogen) atoms. The van der Waals surface area contributed by atoms with Crippen LogP contribution in [0.5, 0.6) is 0 Å². The molecule has 2 aromatic heterocycles. The molecule has 7 nitrogen and oxygen atoms in total. The molecule has 0 amide bonds. The number of para-hydroxylation sites is 1. The summed E-state index contributed by atoms with van der Waals surface area (Å²) in [5.74, 6) is 0.335. The molecule has 0 saturated carbocycles. The van der Waals surface area contributed by atoms with Gasteiger partial charge in [-0.2, -0.15) is 0 Å². The summed E-state index contributed by atoms with van der Waals surface area (Å²) in [4.78, 5) is 42.1. The second kappa shape index (κ2) is 8.16. The van der Waals surface area contributed by atoms with Gasteiger partial charge in [-0.25, -0.2) is 9.78 Å². The van der Waals surface area contributed by atoms with Crippen molar-refractivity contribution < 1.29 is 0 Å². The van der Waals surface area contributed by atoms with E-state index in [9.17, 15) is 14.4 Å². The van der Waals surface area contributed by atoms with Crippen molar-refractivity contribution in [3.63, 3.8) is 0 Å². The molecule has 4 aromatic rings. The second-order valence-electron chi connectivity index (χ2n) is 6.95. The van der Waals surface area contributed by atoms with Crippen LogP contribution in [0.3, 0.4) is 0 Å². The van der Waals surface area contributed by atoms with Crippen LogP contribution in [0.2, 0.25) is 0 Å². The third kappa shape index (κ3) is 3.73. The molecule has 0 bridgehead atoms. The van der Waals surface area contributed by atoms with Gasteiger partial charge in [0.2, 0.25) is 0 Å². The molecule has 0 aliphatic carbocycles. The lowest BCUT2D eigenvalue weighted by Gasteiger charge is -2.14. The Kier molecular flexibility index (Phi) is 5.41. The largest absolute Gasteiger partial charge is 0.330 e. The van der Waals surface area contributed by atoms with Gasteiger partial charge in [0.05, 0.1) is 17.4 Å².